The summed E-state index contributed by atoms with van der Waals surface area (Å²) in [6.45, 7) is 0. The van der Waals surface area contributed by atoms with Crippen LogP contribution in [0.5, 0.6) is 5.75 Å². The number of carbonyl (C=O) groups excluding carboxylic acids is 1. The molecule has 4 nitrogen and oxygen atoms in total. The molecule has 2 aromatic rings. The van der Waals surface area contributed by atoms with Gasteiger partial charge in [0.05, 0.1) is 12.7 Å². The molecule has 0 bridgehead atoms. The highest BCUT2D eigenvalue weighted by Gasteiger charge is 2.47. The Kier molecular flexibility index (Phi) is 3.45. The summed E-state index contributed by atoms with van der Waals surface area (Å²) in [6, 6.07) is 15.5. The zero-order chi connectivity index (χ0) is 15.9. The Morgan fingerprint density at radius 2 is 1.96 bits per heavy atom. The van der Waals surface area contributed by atoms with Crippen LogP contribution in [0, 0.1) is 0 Å². The lowest BCUT2D eigenvalue weighted by Gasteiger charge is -2.46. The first-order chi connectivity index (χ1) is 11.2. The van der Waals surface area contributed by atoms with Crippen molar-refractivity contribution in [2.45, 2.75) is 12.1 Å². The third kappa shape index (κ3) is 2.27. The molecule has 1 saturated heterocycles. The molecule has 2 aliphatic rings. The Labute approximate surface area is 139 Å². The molecule has 118 valence electrons. The van der Waals surface area contributed by atoms with Gasteiger partial charge >= 0.3 is 0 Å². The van der Waals surface area contributed by atoms with Gasteiger partial charge < -0.3 is 10.1 Å². The van der Waals surface area contributed by atoms with Gasteiger partial charge in [-0.05, 0) is 48.6 Å². The molecule has 4 rings (SSSR count). The van der Waals surface area contributed by atoms with Crippen LogP contribution >= 0.6 is 11.8 Å². The Morgan fingerprint density at radius 3 is 2.65 bits per heavy atom. The third-order valence-corrected chi connectivity index (χ3v) is 5.66. The highest BCUT2D eigenvalue weighted by Crippen LogP contribution is 2.42. The van der Waals surface area contributed by atoms with E-state index in [1.165, 1.54) is 0 Å². The molecule has 0 unspecified atom stereocenters. The number of rotatable bonds is 2. The zero-order valence-electron chi connectivity index (χ0n) is 12.9. The van der Waals surface area contributed by atoms with Gasteiger partial charge in [-0.1, -0.05) is 12.1 Å². The molecule has 1 amide bonds. The number of anilines is 2. The van der Waals surface area contributed by atoms with Gasteiger partial charge in [0.15, 0.2) is 0 Å². The number of fused-ring (bicyclic) bond motifs is 1. The van der Waals surface area contributed by atoms with Crippen LogP contribution in [-0.4, -0.2) is 30.2 Å². The molecule has 2 aromatic carbocycles. The number of benzene rings is 2. The van der Waals surface area contributed by atoms with Crippen molar-refractivity contribution >= 4 is 29.0 Å². The number of nitrogens with zero attached hydrogens (tertiary/aromatic N) is 1. The van der Waals surface area contributed by atoms with Crippen LogP contribution in [0.25, 0.3) is 0 Å². The van der Waals surface area contributed by atoms with Crippen molar-refractivity contribution in [2.24, 2.45) is 0 Å². The average Bonchev–Trinajstić information content (AvgIpc) is 3.04. The summed E-state index contributed by atoms with van der Waals surface area (Å²) in [4.78, 5) is 15.1. The van der Waals surface area contributed by atoms with Crippen molar-refractivity contribution in [3.8, 4) is 5.75 Å². The van der Waals surface area contributed by atoms with E-state index in [0.29, 0.717) is 0 Å². The van der Waals surface area contributed by atoms with Gasteiger partial charge in [0, 0.05) is 17.1 Å². The number of carbonyl (C=O) groups is 1. The van der Waals surface area contributed by atoms with Gasteiger partial charge in [0.1, 0.15) is 11.4 Å². The zero-order valence-corrected chi connectivity index (χ0v) is 13.7. The lowest BCUT2D eigenvalue weighted by Crippen LogP contribution is -2.60. The monoisotopic (exact) mass is 326 g/mol. The molecule has 2 aliphatic heterocycles. The van der Waals surface area contributed by atoms with E-state index >= 15 is 0 Å². The molecular weight excluding hydrogens is 308 g/mol. The molecule has 0 radical (unpaired) electrons. The number of nitrogens with one attached hydrogen (secondary N) is 1. The number of methoxy groups -OCH3 is 1. The smallest absolute Gasteiger partial charge is 0.262 e. The predicted molar refractivity (Wildman–Crippen MR) is 94.5 cm³/mol. The van der Waals surface area contributed by atoms with Crippen LogP contribution in [0.15, 0.2) is 48.5 Å². The molecule has 2 heterocycles. The van der Waals surface area contributed by atoms with Crippen LogP contribution in [0.2, 0.25) is 0 Å². The minimum Gasteiger partial charge on any atom is -0.497 e. The van der Waals surface area contributed by atoms with Crippen molar-refractivity contribution in [1.29, 1.82) is 0 Å². The maximum absolute atomic E-state index is 13.2. The number of para-hydroxylation sites is 1. The Morgan fingerprint density at radius 1 is 1.17 bits per heavy atom. The van der Waals surface area contributed by atoms with Crippen molar-refractivity contribution in [2.75, 3.05) is 28.8 Å². The molecule has 1 spiro atoms. The van der Waals surface area contributed by atoms with E-state index in [2.05, 4.69) is 5.32 Å². The van der Waals surface area contributed by atoms with Gasteiger partial charge in [-0.2, -0.15) is 11.8 Å². The number of ether oxygens (including phenoxy) is 1. The van der Waals surface area contributed by atoms with Crippen molar-refractivity contribution in [1.82, 2.24) is 0 Å². The summed E-state index contributed by atoms with van der Waals surface area (Å²) in [7, 11) is 1.65. The second kappa shape index (κ2) is 5.49. The lowest BCUT2D eigenvalue weighted by molar-refractivity contribution is 0.0959. The van der Waals surface area contributed by atoms with E-state index in [9.17, 15) is 4.79 Å². The molecule has 0 aromatic heterocycles. The van der Waals surface area contributed by atoms with Crippen molar-refractivity contribution < 1.29 is 9.53 Å². The fourth-order valence-corrected chi connectivity index (χ4v) is 4.63. The van der Waals surface area contributed by atoms with E-state index in [-0.39, 0.29) is 11.6 Å². The van der Waals surface area contributed by atoms with E-state index < -0.39 is 0 Å². The highest BCUT2D eigenvalue weighted by molar-refractivity contribution is 7.99. The summed E-state index contributed by atoms with van der Waals surface area (Å²) < 4.78 is 5.23. The molecule has 1 N–H and O–H groups in total. The number of hydrogen-bond donors (Lipinski definition) is 1. The summed E-state index contributed by atoms with van der Waals surface area (Å²) in [5.41, 5.74) is 2.22. The minimum absolute atomic E-state index is 0.0621. The topological polar surface area (TPSA) is 41.6 Å². The summed E-state index contributed by atoms with van der Waals surface area (Å²) in [6.07, 6.45) is 0.934. The van der Waals surface area contributed by atoms with Gasteiger partial charge in [0.25, 0.3) is 5.91 Å². The van der Waals surface area contributed by atoms with Gasteiger partial charge in [-0.25, -0.2) is 0 Å². The number of thioether (sulfide) groups is 1. The normalized spacial score (nSPS) is 22.8. The van der Waals surface area contributed by atoms with Crippen molar-refractivity contribution in [3.63, 3.8) is 0 Å². The van der Waals surface area contributed by atoms with Crippen LogP contribution in [-0.2, 0) is 0 Å². The standard InChI is InChI=1S/C18H18N2O2S/c1-22-14-8-6-13(7-9-14)20-17(21)15-4-2-3-5-16(15)19-18(20)10-11-23-12-18/h2-9,19H,10-12H2,1H3/t18-/m1/s1. The third-order valence-electron chi connectivity index (χ3n) is 4.49. The molecular formula is C18H18N2O2S. The minimum atomic E-state index is -0.343. The van der Waals surface area contributed by atoms with Gasteiger partial charge in [0.2, 0.25) is 0 Å². The molecule has 1 atom stereocenters. The highest BCUT2D eigenvalue weighted by atomic mass is 32.2. The van der Waals surface area contributed by atoms with E-state index in [1.807, 2.05) is 65.2 Å². The first-order valence-corrected chi connectivity index (χ1v) is 8.83. The number of hydrogen-bond acceptors (Lipinski definition) is 4. The molecule has 0 aliphatic carbocycles. The van der Waals surface area contributed by atoms with Crippen LogP contribution in [0.4, 0.5) is 11.4 Å². The maximum Gasteiger partial charge on any atom is 0.262 e. The molecule has 23 heavy (non-hydrogen) atoms. The molecule has 0 saturated carbocycles. The second-order valence-electron chi connectivity index (χ2n) is 5.84. The Hall–Kier alpha value is -2.14. The maximum atomic E-state index is 13.2. The van der Waals surface area contributed by atoms with E-state index in [1.54, 1.807) is 7.11 Å². The van der Waals surface area contributed by atoms with Gasteiger partial charge in [-0.3, -0.25) is 9.69 Å². The summed E-state index contributed by atoms with van der Waals surface area (Å²) >= 11 is 1.88. The summed E-state index contributed by atoms with van der Waals surface area (Å²) in [5.74, 6) is 2.79. The Bertz CT molecular complexity index is 739. The largest absolute Gasteiger partial charge is 0.497 e. The lowest BCUT2D eigenvalue weighted by atomic mass is 9.97. The van der Waals surface area contributed by atoms with Crippen LogP contribution in [0.3, 0.4) is 0 Å². The van der Waals surface area contributed by atoms with Crippen LogP contribution < -0.4 is 15.0 Å². The fraction of sp³-hybridized carbons (Fsp3) is 0.278. The molecule has 5 heteroatoms. The first kappa shape index (κ1) is 14.5. The fourth-order valence-electron chi connectivity index (χ4n) is 3.32. The van der Waals surface area contributed by atoms with Gasteiger partial charge in [-0.15, -0.1) is 0 Å². The Balaban J connectivity index is 1.82. The van der Waals surface area contributed by atoms with Crippen LogP contribution in [0.1, 0.15) is 16.8 Å². The average molecular weight is 326 g/mol. The predicted octanol–water partition coefficient (Wildman–Crippen LogP) is 3.60. The molecule has 1 fully saturated rings. The second-order valence-corrected chi connectivity index (χ2v) is 6.95. The quantitative estimate of drug-likeness (QED) is 0.915. The first-order valence-electron chi connectivity index (χ1n) is 7.67. The summed E-state index contributed by atoms with van der Waals surface area (Å²) in [5, 5.41) is 3.63. The van der Waals surface area contributed by atoms with Crippen molar-refractivity contribution in [3.05, 3.63) is 54.1 Å². The SMILES string of the molecule is COc1ccc(N2C(=O)c3ccccc3N[C@]23CCSC3)cc1. The van der Waals surface area contributed by atoms with E-state index in [4.69, 9.17) is 4.74 Å². The number of amides is 1. The van der Waals surface area contributed by atoms with E-state index in [0.717, 1.165) is 40.6 Å².